The van der Waals surface area contributed by atoms with E-state index in [2.05, 4.69) is 5.10 Å². The number of hydrogen-bond acceptors (Lipinski definition) is 2. The monoisotopic (exact) mass is 234 g/mol. The zero-order valence-corrected chi connectivity index (χ0v) is 10.1. The summed E-state index contributed by atoms with van der Waals surface area (Å²) < 4.78 is 20.7. The van der Waals surface area contributed by atoms with Gasteiger partial charge in [0, 0.05) is 11.6 Å². The standard InChI is InChI=1S/C13H15FN2O/c1-9(2)16-8-12(17-3)13(15-16)10-6-4-5-7-11(10)14/h4-9H,1-3H3. The van der Waals surface area contributed by atoms with Crippen molar-refractivity contribution < 1.29 is 9.13 Å². The smallest absolute Gasteiger partial charge is 0.164 e. The third-order valence-electron chi connectivity index (χ3n) is 2.58. The van der Waals surface area contributed by atoms with Gasteiger partial charge in [-0.1, -0.05) is 12.1 Å². The third-order valence-corrected chi connectivity index (χ3v) is 2.58. The minimum Gasteiger partial charge on any atom is -0.493 e. The molecule has 0 saturated heterocycles. The van der Waals surface area contributed by atoms with Crippen molar-refractivity contribution in [3.63, 3.8) is 0 Å². The zero-order chi connectivity index (χ0) is 12.4. The summed E-state index contributed by atoms with van der Waals surface area (Å²) in [7, 11) is 1.56. The highest BCUT2D eigenvalue weighted by Gasteiger charge is 2.15. The van der Waals surface area contributed by atoms with Crippen molar-refractivity contribution in [2.75, 3.05) is 7.11 Å². The Morgan fingerprint density at radius 2 is 2.00 bits per heavy atom. The predicted molar refractivity (Wildman–Crippen MR) is 64.6 cm³/mol. The summed E-state index contributed by atoms with van der Waals surface area (Å²) in [4.78, 5) is 0. The van der Waals surface area contributed by atoms with Crippen LogP contribution in [0.25, 0.3) is 11.3 Å². The van der Waals surface area contributed by atoms with Crippen LogP contribution in [0.1, 0.15) is 19.9 Å². The second-order valence-corrected chi connectivity index (χ2v) is 4.10. The Balaban J connectivity index is 2.55. The van der Waals surface area contributed by atoms with Gasteiger partial charge in [0.2, 0.25) is 0 Å². The van der Waals surface area contributed by atoms with Gasteiger partial charge in [0.1, 0.15) is 11.5 Å². The van der Waals surface area contributed by atoms with Gasteiger partial charge >= 0.3 is 0 Å². The number of rotatable bonds is 3. The van der Waals surface area contributed by atoms with Crippen molar-refractivity contribution in [3.8, 4) is 17.0 Å². The molecule has 17 heavy (non-hydrogen) atoms. The highest BCUT2D eigenvalue weighted by molar-refractivity contribution is 5.66. The van der Waals surface area contributed by atoms with Gasteiger partial charge < -0.3 is 4.74 Å². The molecule has 1 heterocycles. The lowest BCUT2D eigenvalue weighted by Gasteiger charge is -2.03. The van der Waals surface area contributed by atoms with Gasteiger partial charge in [0.25, 0.3) is 0 Å². The number of hydrogen-bond donors (Lipinski definition) is 0. The molecule has 0 unspecified atom stereocenters. The van der Waals surface area contributed by atoms with E-state index in [1.165, 1.54) is 6.07 Å². The fourth-order valence-corrected chi connectivity index (χ4v) is 1.63. The fraction of sp³-hybridized carbons (Fsp3) is 0.308. The first-order chi connectivity index (χ1) is 8.13. The number of halogens is 1. The molecule has 1 aromatic heterocycles. The lowest BCUT2D eigenvalue weighted by Crippen LogP contribution is -2.00. The number of benzene rings is 1. The van der Waals surface area contributed by atoms with Crippen LogP contribution in [0.15, 0.2) is 30.5 Å². The largest absolute Gasteiger partial charge is 0.493 e. The second kappa shape index (κ2) is 4.57. The van der Waals surface area contributed by atoms with E-state index < -0.39 is 0 Å². The van der Waals surface area contributed by atoms with Crippen LogP contribution in [-0.2, 0) is 0 Å². The molecule has 3 nitrogen and oxygen atoms in total. The van der Waals surface area contributed by atoms with E-state index in [9.17, 15) is 4.39 Å². The lowest BCUT2D eigenvalue weighted by atomic mass is 10.1. The number of aromatic nitrogens is 2. The number of nitrogens with zero attached hydrogens (tertiary/aromatic N) is 2. The molecule has 0 bridgehead atoms. The molecule has 0 atom stereocenters. The van der Waals surface area contributed by atoms with Gasteiger partial charge in [-0.3, -0.25) is 4.68 Å². The maximum Gasteiger partial charge on any atom is 0.164 e. The molecule has 0 radical (unpaired) electrons. The minimum atomic E-state index is -0.292. The third kappa shape index (κ3) is 2.16. The van der Waals surface area contributed by atoms with Crippen molar-refractivity contribution in [3.05, 3.63) is 36.3 Å². The maximum atomic E-state index is 13.7. The molecule has 0 aliphatic heterocycles. The summed E-state index contributed by atoms with van der Waals surface area (Å²) in [6, 6.07) is 6.77. The Hall–Kier alpha value is -1.84. The topological polar surface area (TPSA) is 27.1 Å². The Morgan fingerprint density at radius 3 is 2.59 bits per heavy atom. The predicted octanol–water partition coefficient (Wildman–Crippen LogP) is 3.28. The summed E-state index contributed by atoms with van der Waals surface area (Å²) in [5.41, 5.74) is 1.00. The van der Waals surface area contributed by atoms with E-state index in [4.69, 9.17) is 4.74 Å². The SMILES string of the molecule is COc1cn(C(C)C)nc1-c1ccccc1F. The number of methoxy groups -OCH3 is 1. The van der Waals surface area contributed by atoms with E-state index >= 15 is 0 Å². The van der Waals surface area contributed by atoms with Crippen LogP contribution in [0, 0.1) is 5.82 Å². The highest BCUT2D eigenvalue weighted by Crippen LogP contribution is 2.30. The van der Waals surface area contributed by atoms with Crippen LogP contribution in [0.4, 0.5) is 4.39 Å². The molecule has 0 aliphatic carbocycles. The molecule has 0 fully saturated rings. The molecule has 4 heteroatoms. The normalized spacial score (nSPS) is 10.9. The van der Waals surface area contributed by atoms with Crippen LogP contribution in [0.3, 0.4) is 0 Å². The van der Waals surface area contributed by atoms with Crippen molar-refractivity contribution in [2.45, 2.75) is 19.9 Å². The van der Waals surface area contributed by atoms with Gasteiger partial charge in [0.15, 0.2) is 5.75 Å². The van der Waals surface area contributed by atoms with Crippen molar-refractivity contribution >= 4 is 0 Å². The molecule has 90 valence electrons. The first-order valence-electron chi connectivity index (χ1n) is 5.51. The van der Waals surface area contributed by atoms with E-state index in [1.54, 1.807) is 36.2 Å². The first-order valence-corrected chi connectivity index (χ1v) is 5.51. The van der Waals surface area contributed by atoms with E-state index in [1.807, 2.05) is 13.8 Å². The summed E-state index contributed by atoms with van der Waals surface area (Å²) in [5.74, 6) is 0.295. The van der Waals surface area contributed by atoms with Crippen LogP contribution in [-0.4, -0.2) is 16.9 Å². The molecule has 0 amide bonds. The molecule has 2 rings (SSSR count). The summed E-state index contributed by atoms with van der Waals surface area (Å²) in [5, 5.41) is 4.36. The molecule has 2 aromatic rings. The fourth-order valence-electron chi connectivity index (χ4n) is 1.63. The molecule has 0 spiro atoms. The van der Waals surface area contributed by atoms with Gasteiger partial charge in [-0.15, -0.1) is 0 Å². The highest BCUT2D eigenvalue weighted by atomic mass is 19.1. The molecular formula is C13H15FN2O. The average Bonchev–Trinajstić information content (AvgIpc) is 2.73. The molecule has 0 aliphatic rings. The molecule has 0 N–H and O–H groups in total. The Morgan fingerprint density at radius 1 is 1.29 bits per heavy atom. The van der Waals surface area contributed by atoms with E-state index in [0.29, 0.717) is 17.0 Å². The molecule has 0 saturated carbocycles. The van der Waals surface area contributed by atoms with Crippen LogP contribution in [0.2, 0.25) is 0 Å². The van der Waals surface area contributed by atoms with Crippen molar-refractivity contribution in [1.29, 1.82) is 0 Å². The van der Waals surface area contributed by atoms with E-state index in [-0.39, 0.29) is 11.9 Å². The minimum absolute atomic E-state index is 0.212. The first kappa shape index (κ1) is 11.6. The maximum absolute atomic E-state index is 13.7. The average molecular weight is 234 g/mol. The van der Waals surface area contributed by atoms with Crippen molar-refractivity contribution in [1.82, 2.24) is 9.78 Å². The van der Waals surface area contributed by atoms with Crippen LogP contribution >= 0.6 is 0 Å². The molecular weight excluding hydrogens is 219 g/mol. The number of ether oxygens (including phenoxy) is 1. The van der Waals surface area contributed by atoms with Gasteiger partial charge in [0.05, 0.1) is 13.3 Å². The zero-order valence-electron chi connectivity index (χ0n) is 10.1. The summed E-state index contributed by atoms with van der Waals surface area (Å²) in [6.07, 6.45) is 1.78. The van der Waals surface area contributed by atoms with Crippen LogP contribution in [0.5, 0.6) is 5.75 Å². The van der Waals surface area contributed by atoms with E-state index in [0.717, 1.165) is 0 Å². The van der Waals surface area contributed by atoms with Gasteiger partial charge in [-0.25, -0.2) is 4.39 Å². The Bertz CT molecular complexity index is 520. The van der Waals surface area contributed by atoms with Gasteiger partial charge in [-0.05, 0) is 26.0 Å². The molecule has 1 aromatic carbocycles. The van der Waals surface area contributed by atoms with Crippen LogP contribution < -0.4 is 4.74 Å². The van der Waals surface area contributed by atoms with Crippen molar-refractivity contribution in [2.24, 2.45) is 0 Å². The Kier molecular flexibility index (Phi) is 3.13. The quantitative estimate of drug-likeness (QED) is 0.814. The van der Waals surface area contributed by atoms with Gasteiger partial charge in [-0.2, -0.15) is 5.10 Å². The lowest BCUT2D eigenvalue weighted by molar-refractivity contribution is 0.413. The summed E-state index contributed by atoms with van der Waals surface area (Å²) in [6.45, 7) is 4.02. The second-order valence-electron chi connectivity index (χ2n) is 4.10. The summed E-state index contributed by atoms with van der Waals surface area (Å²) >= 11 is 0. The Labute approximate surface area is 99.8 Å².